The Balaban J connectivity index is 2.30. The van der Waals surface area contributed by atoms with E-state index in [4.69, 9.17) is 23.1 Å². The number of hydrogen-bond donors (Lipinski definition) is 2. The molecule has 22 heavy (non-hydrogen) atoms. The summed E-state index contributed by atoms with van der Waals surface area (Å²) in [5.41, 5.74) is 12.1. The summed E-state index contributed by atoms with van der Waals surface area (Å²) in [6.45, 7) is 1.73. The van der Waals surface area contributed by atoms with E-state index in [2.05, 4.69) is 0 Å². The first kappa shape index (κ1) is 16.8. The second-order valence-corrected chi connectivity index (χ2v) is 5.82. The van der Waals surface area contributed by atoms with Crippen molar-refractivity contribution in [1.29, 1.82) is 0 Å². The van der Waals surface area contributed by atoms with Crippen molar-refractivity contribution in [2.45, 2.75) is 24.7 Å². The molecule has 0 fully saturated rings. The van der Waals surface area contributed by atoms with Crippen molar-refractivity contribution in [2.24, 2.45) is 11.5 Å². The Hall–Kier alpha value is -1.56. The molecule has 2 aromatic rings. The van der Waals surface area contributed by atoms with Crippen LogP contribution in [0.1, 0.15) is 29.7 Å². The van der Waals surface area contributed by atoms with Crippen LogP contribution in [0, 0.1) is 0 Å². The zero-order valence-electron chi connectivity index (χ0n) is 11.9. The minimum atomic E-state index is -4.37. The number of hydrogen-bond acceptors (Lipinski definition) is 2. The lowest BCUT2D eigenvalue weighted by Crippen LogP contribution is -2.44. The summed E-state index contributed by atoms with van der Waals surface area (Å²) in [6, 6.07) is 11.0. The van der Waals surface area contributed by atoms with Gasteiger partial charge in [0, 0.05) is 5.02 Å². The Morgan fingerprint density at radius 1 is 0.909 bits per heavy atom. The third-order valence-electron chi connectivity index (χ3n) is 3.71. The van der Waals surface area contributed by atoms with Crippen molar-refractivity contribution in [3.05, 3.63) is 70.2 Å². The van der Waals surface area contributed by atoms with Gasteiger partial charge in [0.05, 0.1) is 17.1 Å². The average Bonchev–Trinajstić information content (AvgIpc) is 2.46. The average molecular weight is 329 g/mol. The van der Waals surface area contributed by atoms with Crippen LogP contribution in [0.5, 0.6) is 0 Å². The van der Waals surface area contributed by atoms with E-state index in [1.54, 1.807) is 31.2 Å². The van der Waals surface area contributed by atoms with Crippen LogP contribution in [0.3, 0.4) is 0 Å². The maximum Gasteiger partial charge on any atom is 0.416 e. The lowest BCUT2D eigenvalue weighted by atomic mass is 9.82. The van der Waals surface area contributed by atoms with Crippen LogP contribution in [-0.2, 0) is 11.7 Å². The lowest BCUT2D eigenvalue weighted by molar-refractivity contribution is -0.137. The predicted octanol–water partition coefficient (Wildman–Crippen LogP) is 4.23. The van der Waals surface area contributed by atoms with E-state index in [-0.39, 0.29) is 0 Å². The maximum atomic E-state index is 12.6. The van der Waals surface area contributed by atoms with Crippen LogP contribution >= 0.6 is 11.6 Å². The Morgan fingerprint density at radius 3 is 1.82 bits per heavy atom. The van der Waals surface area contributed by atoms with Gasteiger partial charge in [-0.1, -0.05) is 35.9 Å². The van der Waals surface area contributed by atoms with Crippen LogP contribution < -0.4 is 11.5 Å². The molecule has 2 nitrogen and oxygen atoms in total. The molecule has 0 aliphatic heterocycles. The molecule has 0 saturated heterocycles. The van der Waals surface area contributed by atoms with Gasteiger partial charge in [0.1, 0.15) is 0 Å². The van der Waals surface area contributed by atoms with Gasteiger partial charge in [0.25, 0.3) is 0 Å². The van der Waals surface area contributed by atoms with E-state index in [9.17, 15) is 13.2 Å². The van der Waals surface area contributed by atoms with Gasteiger partial charge in [-0.15, -0.1) is 0 Å². The highest BCUT2D eigenvalue weighted by molar-refractivity contribution is 6.30. The number of halogens is 4. The number of alkyl halides is 3. The molecule has 0 spiro atoms. The first-order valence-corrected chi connectivity index (χ1v) is 6.98. The fraction of sp³-hybridized carbons (Fsp3) is 0.250. The summed E-state index contributed by atoms with van der Waals surface area (Å²) in [7, 11) is 0. The van der Waals surface area contributed by atoms with Gasteiger partial charge in [-0.2, -0.15) is 13.2 Å². The molecule has 2 rings (SSSR count). The van der Waals surface area contributed by atoms with Crippen LogP contribution in [0.25, 0.3) is 0 Å². The molecule has 0 aliphatic rings. The van der Waals surface area contributed by atoms with Crippen molar-refractivity contribution in [1.82, 2.24) is 0 Å². The van der Waals surface area contributed by atoms with E-state index in [1.165, 1.54) is 12.1 Å². The summed E-state index contributed by atoms with van der Waals surface area (Å²) in [6.07, 6.45) is -4.37. The molecule has 0 aromatic heterocycles. The van der Waals surface area contributed by atoms with Crippen molar-refractivity contribution >= 4 is 11.6 Å². The van der Waals surface area contributed by atoms with Crippen molar-refractivity contribution in [2.75, 3.05) is 0 Å². The third kappa shape index (κ3) is 3.43. The topological polar surface area (TPSA) is 52.0 Å². The van der Waals surface area contributed by atoms with Crippen LogP contribution in [0.4, 0.5) is 13.2 Å². The largest absolute Gasteiger partial charge is 0.416 e. The summed E-state index contributed by atoms with van der Waals surface area (Å²) < 4.78 is 37.8. The fourth-order valence-electron chi connectivity index (χ4n) is 2.21. The molecular formula is C16H16ClF3N2. The molecule has 2 aromatic carbocycles. The Labute approximate surface area is 131 Å². The summed E-state index contributed by atoms with van der Waals surface area (Å²) in [5.74, 6) is 0. The monoisotopic (exact) mass is 328 g/mol. The smallest absolute Gasteiger partial charge is 0.322 e. The summed E-state index contributed by atoms with van der Waals surface area (Å²) >= 11 is 5.84. The fourth-order valence-corrected chi connectivity index (χ4v) is 2.34. The maximum absolute atomic E-state index is 12.6. The number of rotatable bonds is 3. The Morgan fingerprint density at radius 2 is 1.36 bits per heavy atom. The van der Waals surface area contributed by atoms with Gasteiger partial charge < -0.3 is 11.5 Å². The number of benzene rings is 2. The highest BCUT2D eigenvalue weighted by atomic mass is 35.5. The molecule has 0 amide bonds. The normalized spacial score (nSPS) is 16.1. The molecule has 6 heteroatoms. The molecular weight excluding hydrogens is 313 g/mol. The highest BCUT2D eigenvalue weighted by Gasteiger charge is 2.33. The highest BCUT2D eigenvalue weighted by Crippen LogP contribution is 2.34. The molecule has 0 bridgehead atoms. The van der Waals surface area contributed by atoms with Crippen LogP contribution in [-0.4, -0.2) is 0 Å². The van der Waals surface area contributed by atoms with Gasteiger partial charge in [-0.3, -0.25) is 0 Å². The van der Waals surface area contributed by atoms with E-state index in [0.29, 0.717) is 10.6 Å². The predicted molar refractivity (Wildman–Crippen MR) is 81.4 cm³/mol. The van der Waals surface area contributed by atoms with E-state index in [1.807, 2.05) is 0 Å². The quantitative estimate of drug-likeness (QED) is 0.885. The second kappa shape index (κ2) is 5.91. The van der Waals surface area contributed by atoms with Gasteiger partial charge in [0.15, 0.2) is 0 Å². The molecule has 2 atom stereocenters. The first-order valence-electron chi connectivity index (χ1n) is 6.60. The van der Waals surface area contributed by atoms with Crippen molar-refractivity contribution in [3.8, 4) is 0 Å². The summed E-state index contributed by atoms with van der Waals surface area (Å²) in [4.78, 5) is 0. The van der Waals surface area contributed by atoms with Gasteiger partial charge in [-0.05, 0) is 42.3 Å². The van der Waals surface area contributed by atoms with E-state index >= 15 is 0 Å². The van der Waals surface area contributed by atoms with Gasteiger partial charge in [0.2, 0.25) is 0 Å². The first-order chi connectivity index (χ1) is 10.1. The molecule has 0 radical (unpaired) electrons. The van der Waals surface area contributed by atoms with Crippen molar-refractivity contribution in [3.63, 3.8) is 0 Å². The molecule has 118 valence electrons. The van der Waals surface area contributed by atoms with Crippen LogP contribution in [0.15, 0.2) is 48.5 Å². The number of nitrogens with two attached hydrogens (primary N) is 2. The van der Waals surface area contributed by atoms with E-state index < -0.39 is 23.3 Å². The molecule has 0 saturated carbocycles. The standard InChI is InChI=1S/C16H16ClF3N2/c1-15(22,11-6-8-13(17)9-7-11)14(21)10-2-4-12(5-3-10)16(18,19)20/h2-9,14H,21-22H2,1H3. The van der Waals surface area contributed by atoms with Gasteiger partial charge in [-0.25, -0.2) is 0 Å². The lowest BCUT2D eigenvalue weighted by Gasteiger charge is -2.32. The van der Waals surface area contributed by atoms with Gasteiger partial charge >= 0.3 is 6.18 Å². The van der Waals surface area contributed by atoms with Crippen molar-refractivity contribution < 1.29 is 13.2 Å². The zero-order valence-corrected chi connectivity index (χ0v) is 12.6. The minimum Gasteiger partial charge on any atom is -0.322 e. The zero-order chi connectivity index (χ0) is 16.5. The van der Waals surface area contributed by atoms with E-state index in [0.717, 1.165) is 17.7 Å². The Bertz CT molecular complexity index is 634. The SMILES string of the molecule is CC(N)(c1ccc(Cl)cc1)C(N)c1ccc(C(F)(F)F)cc1. The molecule has 0 heterocycles. The Kier molecular flexibility index (Phi) is 4.52. The molecule has 2 unspecified atom stereocenters. The molecule has 0 aliphatic carbocycles. The minimum absolute atomic E-state index is 0.535. The second-order valence-electron chi connectivity index (χ2n) is 5.39. The third-order valence-corrected chi connectivity index (χ3v) is 3.96. The molecule has 4 N–H and O–H groups in total. The summed E-state index contributed by atoms with van der Waals surface area (Å²) in [5, 5.41) is 0.572. The van der Waals surface area contributed by atoms with Crippen LogP contribution in [0.2, 0.25) is 5.02 Å².